The zero-order valence-electron chi connectivity index (χ0n) is 10.6. The third kappa shape index (κ3) is 2.43. The minimum absolute atomic E-state index is 0.152. The average Bonchev–Trinajstić information content (AvgIpc) is 3.04. The van der Waals surface area contributed by atoms with E-state index in [4.69, 9.17) is 0 Å². The van der Waals surface area contributed by atoms with Gasteiger partial charge in [-0.3, -0.25) is 4.79 Å². The van der Waals surface area contributed by atoms with Crippen molar-refractivity contribution in [3.63, 3.8) is 0 Å². The number of thiazole rings is 1. The third-order valence-electron chi connectivity index (χ3n) is 3.35. The molecule has 19 heavy (non-hydrogen) atoms. The normalized spacial score (nSPS) is 19.3. The Bertz CT molecular complexity index is 564. The molecule has 1 N–H and O–H groups in total. The van der Waals surface area contributed by atoms with Crippen LogP contribution in [0.4, 0.5) is 0 Å². The van der Waals surface area contributed by atoms with Gasteiger partial charge in [-0.2, -0.15) is 0 Å². The lowest BCUT2D eigenvalue weighted by Gasteiger charge is -2.23. The fourth-order valence-corrected chi connectivity index (χ4v) is 4.06. The van der Waals surface area contributed by atoms with Gasteiger partial charge in [0.25, 0.3) is 0 Å². The molecule has 6 heteroatoms. The molecule has 2 aromatic heterocycles. The Labute approximate surface area is 120 Å². The van der Waals surface area contributed by atoms with Crippen LogP contribution in [-0.4, -0.2) is 29.4 Å². The van der Waals surface area contributed by atoms with Gasteiger partial charge in [-0.15, -0.1) is 22.7 Å². The van der Waals surface area contributed by atoms with Gasteiger partial charge in [0.1, 0.15) is 11.0 Å². The number of rotatable bonds is 3. The van der Waals surface area contributed by atoms with Crippen LogP contribution in [0.15, 0.2) is 23.0 Å². The van der Waals surface area contributed by atoms with Crippen molar-refractivity contribution in [3.8, 4) is 0 Å². The average molecular weight is 293 g/mol. The summed E-state index contributed by atoms with van der Waals surface area (Å²) in [5.41, 5.74) is 1.29. The lowest BCUT2D eigenvalue weighted by molar-refractivity contribution is -0.133. The molecule has 0 spiro atoms. The highest BCUT2D eigenvalue weighted by molar-refractivity contribution is 7.10. The van der Waals surface area contributed by atoms with Gasteiger partial charge in [-0.25, -0.2) is 4.98 Å². The molecule has 1 aliphatic rings. The van der Waals surface area contributed by atoms with E-state index in [-0.39, 0.29) is 11.9 Å². The van der Waals surface area contributed by atoms with Gasteiger partial charge in [0.15, 0.2) is 0 Å². The Hall–Kier alpha value is -1.24. The molecular formula is C13H15N3OS2. The second kappa shape index (κ2) is 5.40. The Balaban J connectivity index is 1.85. The predicted octanol–water partition coefficient (Wildman–Crippen LogP) is 2.05. The van der Waals surface area contributed by atoms with Crippen LogP contribution in [0.5, 0.6) is 0 Å². The monoisotopic (exact) mass is 293 g/mol. The number of amides is 1. The lowest BCUT2D eigenvalue weighted by atomic mass is 10.1. The van der Waals surface area contributed by atoms with Crippen LogP contribution in [0.2, 0.25) is 0 Å². The summed E-state index contributed by atoms with van der Waals surface area (Å²) in [6, 6.07) is 1.92. The summed E-state index contributed by atoms with van der Waals surface area (Å²) >= 11 is 3.26. The summed E-state index contributed by atoms with van der Waals surface area (Å²) in [6.45, 7) is 1.38. The topological polar surface area (TPSA) is 45.2 Å². The van der Waals surface area contributed by atoms with Gasteiger partial charge in [0, 0.05) is 23.0 Å². The number of likely N-dealkylation sites (N-methyl/N-ethyl adjacent to an activating group) is 1. The van der Waals surface area contributed by atoms with E-state index in [2.05, 4.69) is 21.7 Å². The summed E-state index contributed by atoms with van der Waals surface area (Å²) in [4.78, 5) is 20.0. The summed E-state index contributed by atoms with van der Waals surface area (Å²) in [5.74, 6) is 0.152. The number of thiophene rings is 1. The molecule has 1 aliphatic heterocycles. The molecule has 3 heterocycles. The van der Waals surface area contributed by atoms with E-state index in [1.54, 1.807) is 28.9 Å². The predicted molar refractivity (Wildman–Crippen MR) is 77.4 cm³/mol. The number of aromatic nitrogens is 1. The first-order valence-electron chi connectivity index (χ1n) is 6.20. The SMILES string of the molecule is CNC1C(=O)N(Cc2nccs2)CCc2ccsc21. The first-order chi connectivity index (χ1) is 9.29. The van der Waals surface area contributed by atoms with E-state index in [1.807, 2.05) is 17.3 Å². The second-order valence-electron chi connectivity index (χ2n) is 4.47. The molecule has 0 bridgehead atoms. The van der Waals surface area contributed by atoms with Crippen LogP contribution in [0.3, 0.4) is 0 Å². The number of hydrogen-bond acceptors (Lipinski definition) is 5. The zero-order chi connectivity index (χ0) is 13.2. The summed E-state index contributed by atoms with van der Waals surface area (Å²) in [7, 11) is 1.85. The summed E-state index contributed by atoms with van der Waals surface area (Å²) in [6.07, 6.45) is 2.71. The number of hydrogen-bond donors (Lipinski definition) is 1. The van der Waals surface area contributed by atoms with Gasteiger partial charge in [0.05, 0.1) is 6.54 Å². The number of nitrogens with one attached hydrogen (secondary N) is 1. The Morgan fingerprint density at radius 1 is 1.47 bits per heavy atom. The molecule has 0 fully saturated rings. The van der Waals surface area contributed by atoms with Crippen LogP contribution in [0, 0.1) is 0 Å². The van der Waals surface area contributed by atoms with Crippen LogP contribution >= 0.6 is 22.7 Å². The molecule has 0 aliphatic carbocycles. The first kappa shape index (κ1) is 12.8. The summed E-state index contributed by atoms with van der Waals surface area (Å²) in [5, 5.41) is 8.16. The molecular weight excluding hydrogens is 278 g/mol. The van der Waals surface area contributed by atoms with E-state index in [1.165, 1.54) is 5.56 Å². The van der Waals surface area contributed by atoms with Crippen LogP contribution in [-0.2, 0) is 17.8 Å². The number of fused-ring (bicyclic) bond motifs is 1. The molecule has 0 aromatic carbocycles. The van der Waals surface area contributed by atoms with Crippen molar-refractivity contribution in [2.24, 2.45) is 0 Å². The molecule has 100 valence electrons. The summed E-state index contributed by atoms with van der Waals surface area (Å²) < 4.78 is 0. The van der Waals surface area contributed by atoms with Crippen LogP contribution < -0.4 is 5.32 Å². The van der Waals surface area contributed by atoms with E-state index >= 15 is 0 Å². The highest BCUT2D eigenvalue weighted by Gasteiger charge is 2.30. The molecule has 1 amide bonds. The number of carbonyl (C=O) groups is 1. The van der Waals surface area contributed by atoms with E-state index in [0.29, 0.717) is 6.54 Å². The van der Waals surface area contributed by atoms with E-state index in [0.717, 1.165) is 22.9 Å². The Morgan fingerprint density at radius 3 is 3.11 bits per heavy atom. The minimum atomic E-state index is -0.211. The van der Waals surface area contributed by atoms with Crippen molar-refractivity contribution in [3.05, 3.63) is 38.5 Å². The van der Waals surface area contributed by atoms with Crippen molar-refractivity contribution in [2.75, 3.05) is 13.6 Å². The molecule has 1 atom stereocenters. The van der Waals surface area contributed by atoms with Crippen molar-refractivity contribution in [1.82, 2.24) is 15.2 Å². The molecule has 2 aromatic rings. The molecule has 3 rings (SSSR count). The van der Waals surface area contributed by atoms with Gasteiger partial charge >= 0.3 is 0 Å². The maximum Gasteiger partial charge on any atom is 0.245 e. The molecule has 1 unspecified atom stereocenters. The highest BCUT2D eigenvalue weighted by atomic mass is 32.1. The quantitative estimate of drug-likeness (QED) is 0.942. The van der Waals surface area contributed by atoms with Crippen molar-refractivity contribution < 1.29 is 4.79 Å². The molecule has 0 saturated carbocycles. The Morgan fingerprint density at radius 2 is 2.37 bits per heavy atom. The zero-order valence-corrected chi connectivity index (χ0v) is 12.3. The van der Waals surface area contributed by atoms with E-state index < -0.39 is 0 Å². The third-order valence-corrected chi connectivity index (χ3v) is 5.14. The molecule has 0 saturated heterocycles. The van der Waals surface area contributed by atoms with E-state index in [9.17, 15) is 4.79 Å². The van der Waals surface area contributed by atoms with Gasteiger partial charge in [0.2, 0.25) is 5.91 Å². The maximum atomic E-state index is 12.6. The smallest absolute Gasteiger partial charge is 0.245 e. The number of carbonyl (C=O) groups excluding carboxylic acids is 1. The lowest BCUT2D eigenvalue weighted by Crippen LogP contribution is -2.38. The number of nitrogens with zero attached hydrogens (tertiary/aromatic N) is 2. The second-order valence-corrected chi connectivity index (χ2v) is 6.39. The minimum Gasteiger partial charge on any atom is -0.334 e. The highest BCUT2D eigenvalue weighted by Crippen LogP contribution is 2.30. The fourth-order valence-electron chi connectivity index (χ4n) is 2.37. The molecule has 0 radical (unpaired) electrons. The van der Waals surface area contributed by atoms with Crippen molar-refractivity contribution in [2.45, 2.75) is 19.0 Å². The molecule has 4 nitrogen and oxygen atoms in total. The van der Waals surface area contributed by atoms with Crippen molar-refractivity contribution in [1.29, 1.82) is 0 Å². The maximum absolute atomic E-state index is 12.6. The standard InChI is InChI=1S/C13H15N3OS2/c1-14-11-12-9(3-6-19-12)2-5-16(13(11)17)8-10-15-4-7-18-10/h3-4,6-7,11,14H,2,5,8H2,1H3. The largest absolute Gasteiger partial charge is 0.334 e. The van der Waals surface area contributed by atoms with Crippen LogP contribution in [0.1, 0.15) is 21.5 Å². The van der Waals surface area contributed by atoms with Gasteiger partial charge in [-0.1, -0.05) is 0 Å². The van der Waals surface area contributed by atoms with Gasteiger partial charge < -0.3 is 10.2 Å². The Kier molecular flexibility index (Phi) is 3.63. The van der Waals surface area contributed by atoms with Gasteiger partial charge in [-0.05, 0) is 30.5 Å². The first-order valence-corrected chi connectivity index (χ1v) is 7.96. The van der Waals surface area contributed by atoms with Crippen LogP contribution in [0.25, 0.3) is 0 Å². The van der Waals surface area contributed by atoms with Crippen molar-refractivity contribution >= 4 is 28.6 Å². The fraction of sp³-hybridized carbons (Fsp3) is 0.385.